The zero-order chi connectivity index (χ0) is 14.9. The first-order valence-electron chi connectivity index (χ1n) is 7.02. The lowest BCUT2D eigenvalue weighted by molar-refractivity contribution is 0.0361. The number of thiophene rings is 1. The molecule has 2 aromatic rings. The van der Waals surface area contributed by atoms with Gasteiger partial charge in [-0.1, -0.05) is 13.8 Å². The first-order chi connectivity index (χ1) is 9.38. The van der Waals surface area contributed by atoms with Crippen LogP contribution in [0.15, 0.2) is 0 Å². The summed E-state index contributed by atoms with van der Waals surface area (Å²) in [5.74, 6) is 1.86. The van der Waals surface area contributed by atoms with Crippen LogP contribution in [0.4, 0.5) is 5.82 Å². The third-order valence-corrected chi connectivity index (χ3v) is 4.50. The monoisotopic (exact) mass is 293 g/mol. The van der Waals surface area contributed by atoms with Crippen molar-refractivity contribution in [3.05, 3.63) is 16.3 Å². The topological polar surface area (TPSA) is 61.0 Å². The molecule has 0 amide bonds. The molecule has 20 heavy (non-hydrogen) atoms. The first kappa shape index (κ1) is 15.2. The van der Waals surface area contributed by atoms with E-state index in [2.05, 4.69) is 44.6 Å². The lowest BCUT2D eigenvalue weighted by atomic mass is 10.1. The third-order valence-electron chi connectivity index (χ3n) is 3.40. The SMILES string of the molecule is Cc1sc2nc(COC(C)CC(C)C)nc(N)c2c1C. The van der Waals surface area contributed by atoms with E-state index >= 15 is 0 Å². The second kappa shape index (κ2) is 6.06. The molecule has 1 unspecified atom stereocenters. The van der Waals surface area contributed by atoms with Gasteiger partial charge in [0.05, 0.1) is 11.5 Å². The lowest BCUT2D eigenvalue weighted by Gasteiger charge is -2.14. The number of nitrogens with two attached hydrogens (primary N) is 1. The van der Waals surface area contributed by atoms with Gasteiger partial charge >= 0.3 is 0 Å². The predicted molar refractivity (Wildman–Crippen MR) is 85.0 cm³/mol. The van der Waals surface area contributed by atoms with E-state index in [-0.39, 0.29) is 6.10 Å². The standard InChI is InChI=1S/C15H23N3OS/c1-8(2)6-9(3)19-7-12-17-14(16)13-10(4)11(5)20-15(13)18-12/h8-9H,6-7H2,1-5H3,(H2,16,17,18). The van der Waals surface area contributed by atoms with Crippen LogP contribution in [0, 0.1) is 19.8 Å². The molecule has 2 aromatic heterocycles. The Morgan fingerprint density at radius 2 is 1.90 bits per heavy atom. The fourth-order valence-corrected chi connectivity index (χ4v) is 3.40. The Labute approximate surface area is 124 Å². The van der Waals surface area contributed by atoms with Gasteiger partial charge in [-0.05, 0) is 38.7 Å². The molecule has 4 nitrogen and oxygen atoms in total. The van der Waals surface area contributed by atoms with E-state index in [9.17, 15) is 0 Å². The van der Waals surface area contributed by atoms with Gasteiger partial charge in [-0.15, -0.1) is 11.3 Å². The maximum Gasteiger partial charge on any atom is 0.158 e. The zero-order valence-corrected chi connectivity index (χ0v) is 13.7. The Kier molecular flexibility index (Phi) is 4.60. The number of aromatic nitrogens is 2. The molecule has 0 aromatic carbocycles. The number of ether oxygens (including phenoxy) is 1. The van der Waals surface area contributed by atoms with Gasteiger partial charge in [0.15, 0.2) is 5.82 Å². The van der Waals surface area contributed by atoms with Crippen LogP contribution in [-0.2, 0) is 11.3 Å². The van der Waals surface area contributed by atoms with Crippen molar-refractivity contribution < 1.29 is 4.74 Å². The van der Waals surface area contributed by atoms with Gasteiger partial charge in [-0.3, -0.25) is 0 Å². The number of nitrogen functional groups attached to an aromatic ring is 1. The predicted octanol–water partition coefficient (Wildman–Crippen LogP) is 3.84. The fraction of sp³-hybridized carbons (Fsp3) is 0.600. The summed E-state index contributed by atoms with van der Waals surface area (Å²) in [5.41, 5.74) is 7.24. The van der Waals surface area contributed by atoms with Crippen LogP contribution in [-0.4, -0.2) is 16.1 Å². The van der Waals surface area contributed by atoms with Crippen molar-refractivity contribution in [1.82, 2.24) is 9.97 Å². The quantitative estimate of drug-likeness (QED) is 0.909. The molecule has 0 bridgehead atoms. The zero-order valence-electron chi connectivity index (χ0n) is 12.9. The van der Waals surface area contributed by atoms with Crippen LogP contribution >= 0.6 is 11.3 Å². The summed E-state index contributed by atoms with van der Waals surface area (Å²) < 4.78 is 5.80. The molecular weight excluding hydrogens is 270 g/mol. The second-order valence-electron chi connectivity index (χ2n) is 5.74. The molecule has 2 rings (SSSR count). The Morgan fingerprint density at radius 3 is 2.55 bits per heavy atom. The van der Waals surface area contributed by atoms with Gasteiger partial charge < -0.3 is 10.5 Å². The fourth-order valence-electron chi connectivity index (χ4n) is 2.34. The highest BCUT2D eigenvalue weighted by atomic mass is 32.1. The normalized spacial score (nSPS) is 13.3. The summed E-state index contributed by atoms with van der Waals surface area (Å²) in [4.78, 5) is 11.1. The first-order valence-corrected chi connectivity index (χ1v) is 7.83. The van der Waals surface area contributed by atoms with Gasteiger partial charge in [-0.2, -0.15) is 0 Å². The number of anilines is 1. The van der Waals surface area contributed by atoms with Gasteiger partial charge in [0, 0.05) is 4.88 Å². The molecule has 5 heteroatoms. The molecule has 0 spiro atoms. The van der Waals surface area contributed by atoms with Gasteiger partial charge in [0.2, 0.25) is 0 Å². The third kappa shape index (κ3) is 3.27. The largest absolute Gasteiger partial charge is 0.383 e. The molecule has 0 saturated heterocycles. The summed E-state index contributed by atoms with van der Waals surface area (Å²) in [5, 5.41) is 0.992. The van der Waals surface area contributed by atoms with Crippen molar-refractivity contribution in [2.24, 2.45) is 5.92 Å². The van der Waals surface area contributed by atoms with E-state index < -0.39 is 0 Å². The summed E-state index contributed by atoms with van der Waals surface area (Å²) in [7, 11) is 0. The Morgan fingerprint density at radius 1 is 1.20 bits per heavy atom. The minimum absolute atomic E-state index is 0.210. The smallest absolute Gasteiger partial charge is 0.158 e. The average molecular weight is 293 g/mol. The summed E-state index contributed by atoms with van der Waals surface area (Å²) in [6.45, 7) is 11.0. The molecule has 2 heterocycles. The Bertz CT molecular complexity index is 607. The molecule has 2 N–H and O–H groups in total. The van der Waals surface area contributed by atoms with Crippen LogP contribution in [0.5, 0.6) is 0 Å². The molecule has 110 valence electrons. The van der Waals surface area contributed by atoms with Crippen LogP contribution in [0.1, 0.15) is 43.5 Å². The number of fused-ring (bicyclic) bond motifs is 1. The van der Waals surface area contributed by atoms with E-state index in [1.54, 1.807) is 11.3 Å². The molecule has 0 aliphatic heterocycles. The summed E-state index contributed by atoms with van der Waals surface area (Å²) in [6, 6.07) is 0. The molecule has 0 aliphatic rings. The van der Waals surface area contributed by atoms with E-state index in [1.807, 2.05) is 0 Å². The van der Waals surface area contributed by atoms with Crippen LogP contribution in [0.2, 0.25) is 0 Å². The molecule has 0 aliphatic carbocycles. The van der Waals surface area contributed by atoms with Crippen molar-refractivity contribution in [2.75, 3.05) is 5.73 Å². The molecule has 0 saturated carbocycles. The summed E-state index contributed by atoms with van der Waals surface area (Å²) in [6.07, 6.45) is 1.25. The van der Waals surface area contributed by atoms with E-state index in [0.717, 1.165) is 16.6 Å². The average Bonchev–Trinajstić information content (AvgIpc) is 2.62. The molecule has 0 radical (unpaired) electrons. The van der Waals surface area contributed by atoms with E-state index in [1.165, 1.54) is 10.4 Å². The Balaban J connectivity index is 2.16. The molecule has 1 atom stereocenters. The second-order valence-corrected chi connectivity index (χ2v) is 6.94. The minimum Gasteiger partial charge on any atom is -0.383 e. The van der Waals surface area contributed by atoms with Crippen molar-refractivity contribution in [1.29, 1.82) is 0 Å². The van der Waals surface area contributed by atoms with Crippen molar-refractivity contribution in [3.63, 3.8) is 0 Å². The number of aryl methyl sites for hydroxylation is 2. The lowest BCUT2D eigenvalue weighted by Crippen LogP contribution is -2.12. The van der Waals surface area contributed by atoms with Crippen molar-refractivity contribution in [3.8, 4) is 0 Å². The van der Waals surface area contributed by atoms with E-state index in [4.69, 9.17) is 10.5 Å². The highest BCUT2D eigenvalue weighted by Gasteiger charge is 2.13. The van der Waals surface area contributed by atoms with Crippen LogP contribution in [0.3, 0.4) is 0 Å². The molecule has 0 fully saturated rings. The van der Waals surface area contributed by atoms with Crippen LogP contribution in [0.25, 0.3) is 10.2 Å². The maximum absolute atomic E-state index is 6.06. The van der Waals surface area contributed by atoms with Crippen molar-refractivity contribution in [2.45, 2.75) is 53.8 Å². The van der Waals surface area contributed by atoms with Gasteiger partial charge in [0.1, 0.15) is 17.3 Å². The molecular formula is C15H23N3OS. The summed E-state index contributed by atoms with van der Waals surface area (Å²) >= 11 is 1.67. The maximum atomic E-state index is 6.06. The number of hydrogen-bond acceptors (Lipinski definition) is 5. The minimum atomic E-state index is 0.210. The van der Waals surface area contributed by atoms with Crippen LogP contribution < -0.4 is 5.73 Å². The number of rotatable bonds is 5. The number of nitrogens with zero attached hydrogens (tertiary/aromatic N) is 2. The van der Waals surface area contributed by atoms with Crippen molar-refractivity contribution >= 4 is 27.4 Å². The highest BCUT2D eigenvalue weighted by Crippen LogP contribution is 2.31. The number of hydrogen-bond donors (Lipinski definition) is 1. The van der Waals surface area contributed by atoms with Gasteiger partial charge in [-0.25, -0.2) is 9.97 Å². The van der Waals surface area contributed by atoms with E-state index in [0.29, 0.717) is 24.2 Å². The highest BCUT2D eigenvalue weighted by molar-refractivity contribution is 7.18. The van der Waals surface area contributed by atoms with Gasteiger partial charge in [0.25, 0.3) is 0 Å². The Hall–Kier alpha value is -1.20.